The third-order valence-corrected chi connectivity index (χ3v) is 4.15. The van der Waals surface area contributed by atoms with Crippen molar-refractivity contribution in [1.82, 2.24) is 0 Å². The van der Waals surface area contributed by atoms with Crippen LogP contribution in [0.15, 0.2) is 40.8 Å². The molecule has 0 saturated carbocycles. The third kappa shape index (κ3) is 4.09. The number of carbonyl (C=O) groups excluding carboxylic acids is 2. The summed E-state index contributed by atoms with van der Waals surface area (Å²) in [6.45, 7) is 3.70. The van der Waals surface area contributed by atoms with Crippen LogP contribution in [0.3, 0.4) is 0 Å². The van der Waals surface area contributed by atoms with Crippen molar-refractivity contribution in [2.75, 3.05) is 23.3 Å². The molecule has 2 heterocycles. The molecule has 1 aromatic heterocycles. The molecule has 1 aliphatic heterocycles. The van der Waals surface area contributed by atoms with Crippen LogP contribution in [0.5, 0.6) is 0 Å². The van der Waals surface area contributed by atoms with Crippen molar-refractivity contribution >= 4 is 29.3 Å². The molecule has 6 nitrogen and oxygen atoms in total. The van der Waals surface area contributed by atoms with Gasteiger partial charge in [-0.1, -0.05) is 0 Å². The van der Waals surface area contributed by atoms with Crippen molar-refractivity contribution < 1.29 is 14.0 Å². The van der Waals surface area contributed by atoms with Gasteiger partial charge < -0.3 is 20.4 Å². The topological polar surface area (TPSA) is 88.6 Å². The van der Waals surface area contributed by atoms with Gasteiger partial charge in [-0.05, 0) is 56.2 Å². The van der Waals surface area contributed by atoms with Crippen LogP contribution in [-0.4, -0.2) is 24.9 Å². The Morgan fingerprint density at radius 2 is 1.96 bits per heavy atom. The van der Waals surface area contributed by atoms with Gasteiger partial charge in [-0.15, -0.1) is 0 Å². The standard InChI is InChI=1S/C19H21N3O3/c1-13-4-6-15(25-13)7-9-18(23)21-16-12-14(19(20)24)5-8-17(16)22-10-2-3-11-22/h4-9,12H,2-3,10-11H2,1H3,(H2,20,24)(H,21,23)/b9-7+. The number of primary amides is 1. The summed E-state index contributed by atoms with van der Waals surface area (Å²) in [7, 11) is 0. The van der Waals surface area contributed by atoms with Crippen LogP contribution in [0.2, 0.25) is 0 Å². The maximum atomic E-state index is 12.3. The average Bonchev–Trinajstić information content (AvgIpc) is 3.24. The molecule has 0 aliphatic carbocycles. The molecule has 0 bridgehead atoms. The Balaban J connectivity index is 1.81. The summed E-state index contributed by atoms with van der Waals surface area (Å²) in [5.41, 5.74) is 7.21. The average molecular weight is 339 g/mol. The molecule has 1 saturated heterocycles. The first-order valence-corrected chi connectivity index (χ1v) is 8.27. The van der Waals surface area contributed by atoms with Crippen LogP contribution < -0.4 is 16.0 Å². The Hall–Kier alpha value is -3.02. The summed E-state index contributed by atoms with van der Waals surface area (Å²) < 4.78 is 5.40. The third-order valence-electron chi connectivity index (χ3n) is 4.15. The minimum absolute atomic E-state index is 0.295. The van der Waals surface area contributed by atoms with E-state index in [2.05, 4.69) is 10.2 Å². The second-order valence-electron chi connectivity index (χ2n) is 6.06. The summed E-state index contributed by atoms with van der Waals surface area (Å²) in [6.07, 6.45) is 5.24. The van der Waals surface area contributed by atoms with E-state index >= 15 is 0 Å². The van der Waals surface area contributed by atoms with Crippen LogP contribution in [0.4, 0.5) is 11.4 Å². The molecular formula is C19H21N3O3. The van der Waals surface area contributed by atoms with Crippen molar-refractivity contribution in [3.8, 4) is 0 Å². The molecule has 1 fully saturated rings. The van der Waals surface area contributed by atoms with Crippen LogP contribution in [0.25, 0.3) is 6.08 Å². The molecule has 3 rings (SSSR count). The number of rotatable bonds is 5. The smallest absolute Gasteiger partial charge is 0.248 e. The van der Waals surface area contributed by atoms with Gasteiger partial charge in [0.05, 0.1) is 11.4 Å². The zero-order chi connectivity index (χ0) is 17.8. The summed E-state index contributed by atoms with van der Waals surface area (Å²) in [5.74, 6) is 0.574. The Morgan fingerprint density at radius 3 is 2.60 bits per heavy atom. The van der Waals surface area contributed by atoms with Crippen LogP contribution >= 0.6 is 0 Å². The summed E-state index contributed by atoms with van der Waals surface area (Å²) >= 11 is 0. The molecule has 6 heteroatoms. The monoisotopic (exact) mass is 339 g/mol. The second kappa shape index (κ2) is 7.25. The molecule has 130 valence electrons. The predicted octanol–water partition coefficient (Wildman–Crippen LogP) is 2.94. The van der Waals surface area contributed by atoms with Gasteiger partial charge in [0, 0.05) is 24.7 Å². The fraction of sp³-hybridized carbons (Fsp3) is 0.263. The second-order valence-corrected chi connectivity index (χ2v) is 6.06. The number of amides is 2. The predicted molar refractivity (Wildman–Crippen MR) is 97.5 cm³/mol. The highest BCUT2D eigenvalue weighted by Gasteiger charge is 2.18. The fourth-order valence-corrected chi connectivity index (χ4v) is 2.90. The number of furan rings is 1. The van der Waals surface area contributed by atoms with Crippen molar-refractivity contribution in [3.05, 3.63) is 53.5 Å². The molecule has 25 heavy (non-hydrogen) atoms. The van der Waals surface area contributed by atoms with Crippen LogP contribution in [-0.2, 0) is 4.79 Å². The number of anilines is 2. The Morgan fingerprint density at radius 1 is 1.20 bits per heavy atom. The van der Waals surface area contributed by atoms with E-state index in [0.717, 1.165) is 37.4 Å². The van der Waals surface area contributed by atoms with E-state index in [1.165, 1.54) is 6.08 Å². The molecule has 0 spiro atoms. The zero-order valence-electron chi connectivity index (χ0n) is 14.1. The lowest BCUT2D eigenvalue weighted by Crippen LogP contribution is -2.21. The number of nitrogens with two attached hydrogens (primary N) is 1. The molecule has 1 aliphatic rings. The lowest BCUT2D eigenvalue weighted by atomic mass is 10.1. The zero-order valence-corrected chi connectivity index (χ0v) is 14.1. The maximum absolute atomic E-state index is 12.3. The number of benzene rings is 1. The number of carbonyl (C=O) groups is 2. The first-order valence-electron chi connectivity index (χ1n) is 8.27. The number of nitrogens with one attached hydrogen (secondary N) is 1. The molecular weight excluding hydrogens is 318 g/mol. The molecule has 3 N–H and O–H groups in total. The molecule has 2 aromatic rings. The van der Waals surface area contributed by atoms with E-state index in [0.29, 0.717) is 17.0 Å². The largest absolute Gasteiger partial charge is 0.462 e. The van der Waals surface area contributed by atoms with Gasteiger partial charge in [0.1, 0.15) is 11.5 Å². The van der Waals surface area contributed by atoms with Gasteiger partial charge in [0.2, 0.25) is 11.8 Å². The van der Waals surface area contributed by atoms with Crippen LogP contribution in [0.1, 0.15) is 34.7 Å². The van der Waals surface area contributed by atoms with Crippen molar-refractivity contribution in [2.45, 2.75) is 19.8 Å². The van der Waals surface area contributed by atoms with Gasteiger partial charge >= 0.3 is 0 Å². The minimum atomic E-state index is -0.523. The van der Waals surface area contributed by atoms with E-state index in [-0.39, 0.29) is 5.91 Å². The van der Waals surface area contributed by atoms with Gasteiger partial charge in [0.15, 0.2) is 0 Å². The fourth-order valence-electron chi connectivity index (χ4n) is 2.90. The Bertz CT molecular complexity index is 817. The molecule has 1 aromatic carbocycles. The quantitative estimate of drug-likeness (QED) is 0.820. The highest BCUT2D eigenvalue weighted by atomic mass is 16.3. The molecule has 0 atom stereocenters. The van der Waals surface area contributed by atoms with Crippen molar-refractivity contribution in [1.29, 1.82) is 0 Å². The summed E-state index contributed by atoms with van der Waals surface area (Å²) in [6, 6.07) is 8.77. The first kappa shape index (κ1) is 16.8. The van der Waals surface area contributed by atoms with Crippen molar-refractivity contribution in [3.63, 3.8) is 0 Å². The van der Waals surface area contributed by atoms with Gasteiger partial charge in [-0.25, -0.2) is 0 Å². The minimum Gasteiger partial charge on any atom is -0.462 e. The van der Waals surface area contributed by atoms with E-state index in [4.69, 9.17) is 10.2 Å². The maximum Gasteiger partial charge on any atom is 0.248 e. The molecule has 0 unspecified atom stereocenters. The van der Waals surface area contributed by atoms with E-state index in [1.807, 2.05) is 19.1 Å². The SMILES string of the molecule is Cc1ccc(/C=C/C(=O)Nc2cc(C(N)=O)ccc2N2CCCC2)o1. The number of nitrogens with zero attached hydrogens (tertiary/aromatic N) is 1. The van der Waals surface area contributed by atoms with E-state index < -0.39 is 5.91 Å². The number of hydrogen-bond acceptors (Lipinski definition) is 4. The highest BCUT2D eigenvalue weighted by Crippen LogP contribution is 2.30. The van der Waals surface area contributed by atoms with E-state index in [9.17, 15) is 9.59 Å². The number of hydrogen-bond donors (Lipinski definition) is 2. The first-order chi connectivity index (χ1) is 12.0. The van der Waals surface area contributed by atoms with Gasteiger partial charge in [0.25, 0.3) is 0 Å². The molecule has 2 amide bonds. The van der Waals surface area contributed by atoms with Crippen LogP contribution in [0, 0.1) is 6.92 Å². The Labute approximate surface area is 146 Å². The van der Waals surface area contributed by atoms with Crippen molar-refractivity contribution in [2.24, 2.45) is 5.73 Å². The Kier molecular flexibility index (Phi) is 4.88. The number of aryl methyl sites for hydroxylation is 1. The normalized spacial score (nSPS) is 14.2. The molecule has 0 radical (unpaired) electrons. The van der Waals surface area contributed by atoms with E-state index in [1.54, 1.807) is 24.3 Å². The van der Waals surface area contributed by atoms with Gasteiger partial charge in [-0.3, -0.25) is 9.59 Å². The highest BCUT2D eigenvalue weighted by molar-refractivity contribution is 6.05. The summed E-state index contributed by atoms with van der Waals surface area (Å²) in [4.78, 5) is 25.9. The lowest BCUT2D eigenvalue weighted by Gasteiger charge is -2.21. The lowest BCUT2D eigenvalue weighted by molar-refractivity contribution is -0.111. The summed E-state index contributed by atoms with van der Waals surface area (Å²) in [5, 5.41) is 2.84. The van der Waals surface area contributed by atoms with Gasteiger partial charge in [-0.2, -0.15) is 0 Å².